The number of hydrogen-bond donors (Lipinski definition) is 5. The molecule has 0 fully saturated rings. The Morgan fingerprint density at radius 3 is 2.53 bits per heavy atom. The van der Waals surface area contributed by atoms with E-state index in [1.807, 2.05) is 59.5 Å². The van der Waals surface area contributed by atoms with Crippen LogP contribution in [0.5, 0.6) is 5.75 Å². The summed E-state index contributed by atoms with van der Waals surface area (Å²) in [5.41, 5.74) is 9.08. The molecule has 0 radical (unpaired) electrons. The van der Waals surface area contributed by atoms with Crippen LogP contribution < -0.4 is 26.4 Å². The highest BCUT2D eigenvalue weighted by Crippen LogP contribution is 2.32. The normalized spacial score (nSPS) is 10.4. The minimum Gasteiger partial charge on any atom is -0.494 e. The zero-order valence-electron chi connectivity index (χ0n) is 24.5. The van der Waals surface area contributed by atoms with Crippen LogP contribution in [0.3, 0.4) is 0 Å². The Hall–Kier alpha value is -5.11. The van der Waals surface area contributed by atoms with Gasteiger partial charge in [0.1, 0.15) is 23.7 Å². The first-order valence-corrected chi connectivity index (χ1v) is 13.8. The second kappa shape index (κ2) is 16.4. The maximum atomic E-state index is 12.7. The molecule has 2 amide bonds. The lowest BCUT2D eigenvalue weighted by Gasteiger charge is -2.14. The summed E-state index contributed by atoms with van der Waals surface area (Å²) in [7, 11) is 1.56. The van der Waals surface area contributed by atoms with Crippen LogP contribution in [0.1, 0.15) is 35.0 Å². The average Bonchev–Trinajstić information content (AvgIpc) is 3.55. The number of aryl methyl sites for hydroxylation is 3. The minimum atomic E-state index is -0.481. The molecule has 14 heteroatoms. The molecule has 6 N–H and O–H groups in total. The lowest BCUT2D eigenvalue weighted by molar-refractivity contribution is -0.122. The van der Waals surface area contributed by atoms with Crippen molar-refractivity contribution >= 4 is 41.3 Å². The highest BCUT2D eigenvalue weighted by molar-refractivity contribution is 5.99. The quantitative estimate of drug-likeness (QED) is 0.114. The average molecular weight is 595 g/mol. The number of rotatable bonds is 13. The molecule has 0 saturated heterocycles. The molecule has 2 aromatic heterocycles. The van der Waals surface area contributed by atoms with Crippen LogP contribution in [0.2, 0.25) is 0 Å². The van der Waals surface area contributed by atoms with Crippen LogP contribution >= 0.6 is 0 Å². The van der Waals surface area contributed by atoms with Crippen molar-refractivity contribution in [3.63, 3.8) is 0 Å². The van der Waals surface area contributed by atoms with Gasteiger partial charge in [0.2, 0.25) is 5.95 Å². The van der Waals surface area contributed by atoms with E-state index in [0.29, 0.717) is 61.9 Å². The number of imidazole rings is 1. The number of hydrogen-bond acceptors (Lipinski definition) is 9. The number of carbonyl (C=O) groups excluding carboxylic acids is 2. The van der Waals surface area contributed by atoms with Crippen molar-refractivity contribution in [2.75, 3.05) is 32.1 Å². The number of nitrogens with two attached hydrogens (primary N) is 1. The second-order valence-corrected chi connectivity index (χ2v) is 9.24. The maximum Gasteiger partial charge on any atom is 0.407 e. The molecular formula is C29H38N8O6. The number of nitrogens with one attached hydrogen (secondary N) is 3. The van der Waals surface area contributed by atoms with E-state index in [9.17, 15) is 9.59 Å². The molecule has 0 bridgehead atoms. The van der Waals surface area contributed by atoms with Gasteiger partial charge >= 0.3 is 6.09 Å². The van der Waals surface area contributed by atoms with Gasteiger partial charge in [-0.1, -0.05) is 30.3 Å². The SMILES string of the molecule is CCn1nc(C)cc1Nc1nc2cc(C(=O)NCCN)cc(OC)c2n1CCCNC(=O)OCc1ccccc1.O=CO. The minimum absolute atomic E-state index is 0.204. The van der Waals surface area contributed by atoms with E-state index >= 15 is 0 Å². The molecule has 2 aromatic carbocycles. The fourth-order valence-corrected chi connectivity index (χ4v) is 4.32. The van der Waals surface area contributed by atoms with Crippen molar-refractivity contribution in [1.29, 1.82) is 0 Å². The van der Waals surface area contributed by atoms with Gasteiger partial charge in [-0.05, 0) is 38.0 Å². The first kappa shape index (κ1) is 32.4. The van der Waals surface area contributed by atoms with Gasteiger partial charge in [-0.25, -0.2) is 14.5 Å². The highest BCUT2D eigenvalue weighted by Gasteiger charge is 2.20. The first-order chi connectivity index (χ1) is 20.8. The standard InChI is InChI=1S/C28H36N8O4.CH2O2/c1-4-36-24(15-19(2)34-36)33-27-32-22-16-21(26(37)30-13-11-29)17-23(39-3)25(22)35(27)14-8-12-31-28(38)40-18-20-9-6-5-7-10-20;2-1-3/h5-7,9-10,15-17H,4,8,11-14,18,29H2,1-3H3,(H,30,37)(H,31,38)(H,32,33);1H,(H,2,3). The third kappa shape index (κ3) is 8.94. The molecule has 43 heavy (non-hydrogen) atoms. The summed E-state index contributed by atoms with van der Waals surface area (Å²) in [5.74, 6) is 1.60. The Labute approximate surface area is 249 Å². The van der Waals surface area contributed by atoms with Gasteiger partial charge in [-0.15, -0.1) is 0 Å². The number of nitrogens with zero attached hydrogens (tertiary/aromatic N) is 4. The Balaban J connectivity index is 0.00000162. The summed E-state index contributed by atoms with van der Waals surface area (Å²) in [6, 6.07) is 14.9. The van der Waals surface area contributed by atoms with Crippen LogP contribution in [0.25, 0.3) is 11.0 Å². The van der Waals surface area contributed by atoms with Gasteiger partial charge in [0.15, 0.2) is 0 Å². The van der Waals surface area contributed by atoms with Gasteiger partial charge < -0.3 is 40.8 Å². The lowest BCUT2D eigenvalue weighted by atomic mass is 10.1. The van der Waals surface area contributed by atoms with Gasteiger partial charge in [-0.2, -0.15) is 5.10 Å². The highest BCUT2D eigenvalue weighted by atomic mass is 16.5. The molecular weight excluding hydrogens is 556 g/mol. The van der Waals surface area contributed by atoms with Crippen LogP contribution in [-0.4, -0.2) is 69.7 Å². The number of fused-ring (bicyclic) bond motifs is 1. The number of ether oxygens (including phenoxy) is 2. The Morgan fingerprint density at radius 1 is 1.12 bits per heavy atom. The molecule has 0 spiro atoms. The van der Waals surface area contributed by atoms with Crippen LogP contribution in [0.15, 0.2) is 48.5 Å². The summed E-state index contributed by atoms with van der Waals surface area (Å²) in [6.45, 7) is 6.17. The maximum absolute atomic E-state index is 12.7. The molecule has 0 aliphatic carbocycles. The van der Waals surface area contributed by atoms with Crippen LogP contribution in [0.4, 0.5) is 16.6 Å². The number of amides is 2. The first-order valence-electron chi connectivity index (χ1n) is 13.8. The van der Waals surface area contributed by atoms with Gasteiger partial charge in [0, 0.05) is 44.4 Å². The number of methoxy groups -OCH3 is 1. The smallest absolute Gasteiger partial charge is 0.407 e. The van der Waals surface area contributed by atoms with Crippen LogP contribution in [0, 0.1) is 6.92 Å². The number of carbonyl (C=O) groups is 3. The molecule has 4 aromatic rings. The number of carboxylic acid groups (broad SMARTS) is 1. The third-order valence-corrected chi connectivity index (χ3v) is 6.20. The van der Waals surface area contributed by atoms with Gasteiger partial charge in [-0.3, -0.25) is 9.59 Å². The summed E-state index contributed by atoms with van der Waals surface area (Å²) in [5, 5.41) is 20.4. The van der Waals surface area contributed by atoms with E-state index in [2.05, 4.69) is 21.0 Å². The zero-order chi connectivity index (χ0) is 31.2. The van der Waals surface area contributed by atoms with E-state index < -0.39 is 6.09 Å². The van der Waals surface area contributed by atoms with Gasteiger partial charge in [0.25, 0.3) is 12.4 Å². The topological polar surface area (TPSA) is 188 Å². The fourth-order valence-electron chi connectivity index (χ4n) is 4.32. The molecule has 0 unspecified atom stereocenters. The largest absolute Gasteiger partial charge is 0.494 e. The van der Waals surface area contributed by atoms with Crippen molar-refractivity contribution in [3.8, 4) is 5.75 Å². The second-order valence-electron chi connectivity index (χ2n) is 9.24. The van der Waals surface area contributed by atoms with Gasteiger partial charge in [0.05, 0.1) is 18.3 Å². The van der Waals surface area contributed by atoms with E-state index in [1.54, 1.807) is 19.2 Å². The summed E-state index contributed by atoms with van der Waals surface area (Å²) in [4.78, 5) is 38.1. The summed E-state index contributed by atoms with van der Waals surface area (Å²) >= 11 is 0. The Kier molecular flexibility index (Phi) is 12.3. The fraction of sp³-hybridized carbons (Fsp3) is 0.345. The van der Waals surface area contributed by atoms with E-state index in [1.165, 1.54) is 0 Å². The van der Waals surface area contributed by atoms with Crippen molar-refractivity contribution in [1.82, 2.24) is 30.0 Å². The predicted octanol–water partition coefficient (Wildman–Crippen LogP) is 3.02. The van der Waals surface area contributed by atoms with Crippen molar-refractivity contribution in [2.45, 2.75) is 40.0 Å². The molecule has 2 heterocycles. The number of benzene rings is 2. The summed E-state index contributed by atoms with van der Waals surface area (Å²) in [6.07, 6.45) is 0.111. The van der Waals surface area contributed by atoms with Crippen LogP contribution in [-0.2, 0) is 29.2 Å². The predicted molar refractivity (Wildman–Crippen MR) is 162 cm³/mol. The molecule has 0 saturated carbocycles. The van der Waals surface area contributed by atoms with E-state index in [0.717, 1.165) is 22.6 Å². The lowest BCUT2D eigenvalue weighted by Crippen LogP contribution is -2.29. The third-order valence-electron chi connectivity index (χ3n) is 6.20. The Bertz CT molecular complexity index is 1500. The zero-order valence-corrected chi connectivity index (χ0v) is 24.5. The van der Waals surface area contributed by atoms with E-state index in [4.69, 9.17) is 30.1 Å². The number of alkyl carbamates (subject to hydrolysis) is 1. The summed E-state index contributed by atoms with van der Waals surface area (Å²) < 4.78 is 14.8. The Morgan fingerprint density at radius 2 is 1.86 bits per heavy atom. The molecule has 230 valence electrons. The molecule has 0 aliphatic rings. The molecule has 4 rings (SSSR count). The monoisotopic (exact) mass is 594 g/mol. The molecule has 14 nitrogen and oxygen atoms in total. The van der Waals surface area contributed by atoms with E-state index in [-0.39, 0.29) is 19.0 Å². The number of anilines is 2. The molecule has 0 aliphatic heterocycles. The van der Waals surface area contributed by atoms with Crippen molar-refractivity contribution < 1.29 is 29.0 Å². The van der Waals surface area contributed by atoms with Crippen molar-refractivity contribution in [2.24, 2.45) is 5.73 Å². The number of aromatic nitrogens is 4. The van der Waals surface area contributed by atoms with Crippen molar-refractivity contribution in [3.05, 3.63) is 65.4 Å². The molecule has 0 atom stereocenters.